The van der Waals surface area contributed by atoms with Crippen molar-refractivity contribution >= 4 is 22.0 Å². The van der Waals surface area contributed by atoms with Crippen LogP contribution in [0.5, 0.6) is 0 Å². The average Bonchev–Trinajstić information content (AvgIpc) is 2.43. The summed E-state index contributed by atoms with van der Waals surface area (Å²) in [7, 11) is 4.94. The van der Waals surface area contributed by atoms with Crippen molar-refractivity contribution in [3.63, 3.8) is 0 Å². The fraction of sp³-hybridized carbons (Fsp3) is 0.429. The van der Waals surface area contributed by atoms with Gasteiger partial charge >= 0.3 is 44.9 Å². The molecule has 1 aliphatic carbocycles. The van der Waals surface area contributed by atoms with E-state index < -0.39 is 0 Å². The van der Waals surface area contributed by atoms with Crippen molar-refractivity contribution in [2.75, 3.05) is 0 Å². The van der Waals surface area contributed by atoms with E-state index in [1.807, 2.05) is 12.2 Å². The molecule has 5 heteroatoms. The maximum absolute atomic E-state index is 4.14. The Balaban J connectivity index is 0. The van der Waals surface area contributed by atoms with Crippen molar-refractivity contribution in [3.8, 4) is 0 Å². The van der Waals surface area contributed by atoms with Crippen LogP contribution >= 0.6 is 0 Å². The summed E-state index contributed by atoms with van der Waals surface area (Å²) in [6, 6.07) is 0. The predicted octanol–water partition coefficient (Wildman–Crippen LogP) is 0.135. The van der Waals surface area contributed by atoms with Gasteiger partial charge in [-0.15, -0.1) is 0 Å². The van der Waals surface area contributed by atoms with Crippen molar-refractivity contribution in [2.24, 2.45) is 0 Å². The first-order valence-electron chi connectivity index (χ1n) is 4.30. The van der Waals surface area contributed by atoms with Gasteiger partial charge < -0.3 is 0 Å². The topological polar surface area (TPSA) is 0 Å². The van der Waals surface area contributed by atoms with E-state index in [2.05, 4.69) is 36.5 Å². The molecule has 0 heterocycles. The van der Waals surface area contributed by atoms with Gasteiger partial charge in [-0.1, -0.05) is 13.2 Å². The summed E-state index contributed by atoms with van der Waals surface area (Å²) in [6.45, 7) is 2.21. The first-order valence-corrected chi connectivity index (χ1v) is 4.82. The quantitative estimate of drug-likeness (QED) is 0.610. The molecule has 0 nitrogen and oxygen atoms in total. The molecular weight excluding hydrogens is 234 g/mol. The van der Waals surface area contributed by atoms with E-state index in [-0.39, 0.29) is 16.8 Å². The van der Waals surface area contributed by atoms with Crippen molar-refractivity contribution in [1.82, 2.24) is 0 Å². The third-order valence-corrected chi connectivity index (χ3v) is 1.80. The van der Waals surface area contributed by atoms with Gasteiger partial charge in [0, 0.05) is 16.8 Å². The fourth-order valence-electron chi connectivity index (χ4n) is 0.765. The second kappa shape index (κ2) is 11.7. The molecule has 0 aliphatic heterocycles. The zero-order chi connectivity index (χ0) is 8.53. The van der Waals surface area contributed by atoms with Crippen LogP contribution in [-0.4, -0.2) is 22.0 Å². The summed E-state index contributed by atoms with van der Waals surface area (Å²) >= 11 is 4.14. The minimum absolute atomic E-state index is 0. The molecule has 0 amide bonds. The van der Waals surface area contributed by atoms with E-state index in [0.717, 1.165) is 10.9 Å². The Labute approximate surface area is 96.7 Å². The Kier molecular flexibility index (Phi) is 14.8. The van der Waals surface area contributed by atoms with Crippen LogP contribution < -0.4 is 0 Å². The molecule has 0 N–H and O–H groups in total. The Bertz CT molecular complexity index is 144. The van der Waals surface area contributed by atoms with Crippen LogP contribution in [0.25, 0.3) is 0 Å². The Morgan fingerprint density at radius 2 is 2.33 bits per heavy atom. The molecule has 0 spiro atoms. The number of rotatable bonds is 2. The van der Waals surface area contributed by atoms with Crippen LogP contribution in [0, 0.1) is 0 Å². The molecule has 0 unspecified atom stereocenters. The van der Waals surface area contributed by atoms with Crippen molar-refractivity contribution < 1.29 is 32.5 Å². The number of allylic oxidation sites excluding steroid dienone is 4. The normalized spacial score (nSPS) is 12.1. The zero-order valence-corrected chi connectivity index (χ0v) is 9.81. The second-order valence-electron chi connectivity index (χ2n) is 2.57. The van der Waals surface area contributed by atoms with Crippen LogP contribution in [0.1, 0.15) is 13.3 Å². The van der Waals surface area contributed by atoms with Crippen LogP contribution in [-0.2, 0) is 32.5 Å². The first-order chi connectivity index (χ1) is 5.31. The van der Waals surface area contributed by atoms with E-state index in [1.54, 1.807) is 0 Å². The molecule has 0 aromatic heterocycles. The fourth-order valence-corrected chi connectivity index (χ4v) is 0.988. The molecule has 1 rings (SSSR count). The molecule has 12 heavy (non-hydrogen) atoms. The summed E-state index contributed by atoms with van der Waals surface area (Å²) in [6.07, 6.45) is 8.47. The molecule has 0 saturated carbocycles. The second-order valence-corrected chi connectivity index (χ2v) is 3.24. The van der Waals surface area contributed by atoms with E-state index >= 15 is 0 Å². The molecule has 0 bridgehead atoms. The van der Waals surface area contributed by atoms with Crippen molar-refractivity contribution in [2.45, 2.75) is 19.7 Å². The molecule has 1 radical (unpaired) electrons. The van der Waals surface area contributed by atoms with Gasteiger partial charge in [-0.25, -0.2) is 0 Å². The monoisotopic (exact) mass is 249 g/mol. The molecule has 0 aromatic rings. The Morgan fingerprint density at radius 1 is 1.67 bits per heavy atom. The predicted molar refractivity (Wildman–Crippen MR) is 55.2 cm³/mol. The molecule has 0 atom stereocenters. The minimum atomic E-state index is 0. The van der Waals surface area contributed by atoms with E-state index in [1.165, 1.54) is 20.6 Å². The summed E-state index contributed by atoms with van der Waals surface area (Å²) in [4.78, 5) is 0. The Hall–Kier alpha value is 0.688. The van der Waals surface area contributed by atoms with Gasteiger partial charge in [0.2, 0.25) is 0 Å². The van der Waals surface area contributed by atoms with Crippen LogP contribution in [0.15, 0.2) is 22.7 Å². The molecular formula is C7H14B3Co2. The van der Waals surface area contributed by atoms with Crippen molar-refractivity contribution in [1.29, 1.82) is 0 Å². The molecule has 0 fully saturated rings. The first kappa shape index (κ1) is 15.2. The third kappa shape index (κ3) is 10.7. The van der Waals surface area contributed by atoms with E-state index in [9.17, 15) is 0 Å². The van der Waals surface area contributed by atoms with Gasteiger partial charge in [-0.05, 0) is 0 Å². The molecule has 1 aliphatic rings. The van der Waals surface area contributed by atoms with Gasteiger partial charge in [-0.2, -0.15) is 0 Å². The summed E-state index contributed by atoms with van der Waals surface area (Å²) in [5.74, 6) is 0. The molecule has 0 aromatic carbocycles. The number of hydrogen-bond acceptors (Lipinski definition) is 0. The zero-order valence-electron chi connectivity index (χ0n) is 7.73. The average molecular weight is 248 g/mol. The molecule has 0 saturated heterocycles. The van der Waals surface area contributed by atoms with Gasteiger partial charge in [0.05, 0.1) is 22.0 Å². The summed E-state index contributed by atoms with van der Waals surface area (Å²) < 4.78 is 1.16. The van der Waals surface area contributed by atoms with Gasteiger partial charge in [0.1, 0.15) is 0 Å². The van der Waals surface area contributed by atoms with Crippen molar-refractivity contribution in [3.05, 3.63) is 22.7 Å². The summed E-state index contributed by atoms with van der Waals surface area (Å²) in [5, 5.41) is 0. The number of hydrogen-bond donors (Lipinski definition) is 0. The maximum atomic E-state index is 4.14. The third-order valence-electron chi connectivity index (χ3n) is 1.42. The standard InChI is InChI=1S/C5H5.C2H9B3.2Co/c1-2-4-5-3-1;1-2-4-5-3;;/h1-3H,4H2;4-5H,2-3H2,1H3;;. The van der Waals surface area contributed by atoms with Crippen LogP contribution in [0.2, 0.25) is 6.32 Å². The van der Waals surface area contributed by atoms with Crippen LogP contribution in [0.4, 0.5) is 0 Å². The molecule has 69 valence electrons. The summed E-state index contributed by atoms with van der Waals surface area (Å²) in [5.41, 5.74) is 0. The van der Waals surface area contributed by atoms with Gasteiger partial charge in [0.15, 0.2) is 0 Å². The van der Waals surface area contributed by atoms with Crippen LogP contribution in [0.3, 0.4) is 0 Å². The van der Waals surface area contributed by atoms with E-state index in [0.29, 0.717) is 0 Å². The van der Waals surface area contributed by atoms with Gasteiger partial charge in [-0.3, -0.25) is 0 Å². The van der Waals surface area contributed by atoms with Gasteiger partial charge in [0.25, 0.3) is 0 Å². The Morgan fingerprint density at radius 3 is 2.42 bits per heavy atom. The van der Waals surface area contributed by atoms with E-state index in [4.69, 9.17) is 0 Å². The SMILES string of the molecule is BBBCC.[Co].[Co][C]1=CC=CC1.